The molecule has 3 rings (SSSR count). The Morgan fingerprint density at radius 2 is 1.96 bits per heavy atom. The molecule has 1 aromatic heterocycles. The average molecular weight is 367 g/mol. The number of rotatable bonds is 6. The molecule has 2 aromatic carbocycles. The topological polar surface area (TPSA) is 51.2 Å². The lowest BCUT2D eigenvalue weighted by Gasteiger charge is -2.06. The number of benzene rings is 2. The van der Waals surface area contributed by atoms with Crippen LogP contribution in [-0.4, -0.2) is 17.6 Å². The molecule has 0 spiro atoms. The monoisotopic (exact) mass is 366 g/mol. The highest BCUT2D eigenvalue weighted by Crippen LogP contribution is 2.17. The normalized spacial score (nSPS) is 11.0. The van der Waals surface area contributed by atoms with Gasteiger partial charge in [0.1, 0.15) is 11.8 Å². The fourth-order valence-corrected chi connectivity index (χ4v) is 2.63. The molecular formula is C21H19ClN2O2. The van der Waals surface area contributed by atoms with Crippen LogP contribution in [0.4, 0.5) is 4.79 Å². The summed E-state index contributed by atoms with van der Waals surface area (Å²) >= 11 is 5.89. The van der Waals surface area contributed by atoms with E-state index in [1.165, 1.54) is 0 Å². The smallest absolute Gasteiger partial charge is 0.407 e. The van der Waals surface area contributed by atoms with Gasteiger partial charge in [0, 0.05) is 11.9 Å². The van der Waals surface area contributed by atoms with E-state index in [4.69, 9.17) is 16.3 Å². The molecular weight excluding hydrogens is 348 g/mol. The van der Waals surface area contributed by atoms with Crippen LogP contribution in [0.2, 0.25) is 5.15 Å². The lowest BCUT2D eigenvalue weighted by atomic mass is 10.1. The molecule has 3 aromatic rings. The highest BCUT2D eigenvalue weighted by Gasteiger charge is 2.01. The van der Waals surface area contributed by atoms with Gasteiger partial charge >= 0.3 is 6.09 Å². The third-order valence-electron chi connectivity index (χ3n) is 3.78. The summed E-state index contributed by atoms with van der Waals surface area (Å²) in [7, 11) is 0. The van der Waals surface area contributed by atoms with Crippen molar-refractivity contribution in [1.82, 2.24) is 10.3 Å². The lowest BCUT2D eigenvalue weighted by molar-refractivity contribution is 0.140. The summed E-state index contributed by atoms with van der Waals surface area (Å²) in [6, 6.07) is 19.3. The van der Waals surface area contributed by atoms with Crippen LogP contribution in [-0.2, 0) is 11.3 Å². The molecule has 132 valence electrons. The first-order valence-electron chi connectivity index (χ1n) is 8.38. The van der Waals surface area contributed by atoms with Crippen molar-refractivity contribution >= 4 is 34.7 Å². The van der Waals surface area contributed by atoms with E-state index in [9.17, 15) is 4.79 Å². The zero-order valence-corrected chi connectivity index (χ0v) is 14.9. The number of carbonyl (C=O) groups is 1. The van der Waals surface area contributed by atoms with E-state index in [-0.39, 0.29) is 6.61 Å². The molecule has 0 bridgehead atoms. The molecule has 1 N–H and O–H groups in total. The van der Waals surface area contributed by atoms with Gasteiger partial charge in [0.05, 0.1) is 5.52 Å². The second-order valence-corrected chi connectivity index (χ2v) is 6.15. The summed E-state index contributed by atoms with van der Waals surface area (Å²) in [6.07, 6.45) is 4.35. The molecule has 0 atom stereocenters. The summed E-state index contributed by atoms with van der Waals surface area (Å²) in [5.41, 5.74) is 2.92. The van der Waals surface area contributed by atoms with Gasteiger partial charge < -0.3 is 10.1 Å². The van der Waals surface area contributed by atoms with Gasteiger partial charge in [-0.15, -0.1) is 0 Å². The van der Waals surface area contributed by atoms with Gasteiger partial charge in [-0.25, -0.2) is 9.78 Å². The van der Waals surface area contributed by atoms with Crippen LogP contribution in [0.1, 0.15) is 17.5 Å². The van der Waals surface area contributed by atoms with E-state index in [2.05, 4.69) is 16.4 Å². The Morgan fingerprint density at radius 3 is 2.81 bits per heavy atom. The van der Waals surface area contributed by atoms with Gasteiger partial charge in [0.2, 0.25) is 0 Å². The van der Waals surface area contributed by atoms with E-state index in [0.717, 1.165) is 28.5 Å². The van der Waals surface area contributed by atoms with Crippen molar-refractivity contribution in [3.8, 4) is 0 Å². The van der Waals surface area contributed by atoms with Crippen LogP contribution in [0.25, 0.3) is 17.0 Å². The predicted molar refractivity (Wildman–Crippen MR) is 105 cm³/mol. The Bertz CT molecular complexity index is 910. The molecule has 0 aliphatic heterocycles. The van der Waals surface area contributed by atoms with E-state index in [1.807, 2.05) is 60.7 Å². The zero-order valence-electron chi connectivity index (χ0n) is 14.2. The van der Waals surface area contributed by atoms with Gasteiger partial charge in [0.25, 0.3) is 0 Å². The number of fused-ring (bicyclic) bond motifs is 1. The van der Waals surface area contributed by atoms with Gasteiger partial charge in [-0.05, 0) is 41.8 Å². The molecule has 0 radical (unpaired) electrons. The highest BCUT2D eigenvalue weighted by atomic mass is 35.5. The fraction of sp³-hybridized carbons (Fsp3) is 0.143. The third kappa shape index (κ3) is 5.33. The van der Waals surface area contributed by atoms with Crippen LogP contribution < -0.4 is 5.32 Å². The number of hydrogen-bond acceptors (Lipinski definition) is 3. The number of amides is 1. The first-order chi connectivity index (χ1) is 12.7. The van der Waals surface area contributed by atoms with Crippen molar-refractivity contribution in [1.29, 1.82) is 0 Å². The molecule has 0 aliphatic carbocycles. The Balaban J connectivity index is 1.41. The number of pyridine rings is 1. The Labute approximate surface area is 157 Å². The molecule has 0 aliphatic rings. The van der Waals surface area contributed by atoms with Crippen molar-refractivity contribution in [3.63, 3.8) is 0 Å². The van der Waals surface area contributed by atoms with Crippen LogP contribution in [0, 0.1) is 0 Å². The molecule has 5 heteroatoms. The van der Waals surface area contributed by atoms with E-state index in [1.54, 1.807) is 6.07 Å². The van der Waals surface area contributed by atoms with Crippen LogP contribution in [0.15, 0.2) is 66.7 Å². The molecule has 0 unspecified atom stereocenters. The molecule has 0 fully saturated rings. The Hall–Kier alpha value is -2.85. The molecule has 1 heterocycles. The fourth-order valence-electron chi connectivity index (χ4n) is 2.47. The summed E-state index contributed by atoms with van der Waals surface area (Å²) in [6.45, 7) is 0.798. The first-order valence-corrected chi connectivity index (χ1v) is 8.76. The van der Waals surface area contributed by atoms with Crippen molar-refractivity contribution < 1.29 is 9.53 Å². The Morgan fingerprint density at radius 1 is 1.12 bits per heavy atom. The largest absolute Gasteiger partial charge is 0.445 e. The second-order valence-electron chi connectivity index (χ2n) is 5.77. The van der Waals surface area contributed by atoms with Crippen molar-refractivity contribution in [2.45, 2.75) is 13.0 Å². The maximum atomic E-state index is 11.6. The van der Waals surface area contributed by atoms with Crippen LogP contribution in [0.5, 0.6) is 0 Å². The van der Waals surface area contributed by atoms with Gasteiger partial charge in [-0.2, -0.15) is 0 Å². The number of nitrogens with zero attached hydrogens (tertiary/aromatic N) is 1. The standard InChI is InChI=1S/C21H19ClN2O2/c22-20-12-10-18-14-16(9-11-19(18)24-20)6-4-5-13-23-21(25)26-15-17-7-2-1-3-8-17/h1-4,6-12,14H,5,13,15H2,(H,23,25). The number of alkyl carbamates (subject to hydrolysis) is 1. The van der Waals surface area contributed by atoms with Crippen LogP contribution >= 0.6 is 11.6 Å². The minimum absolute atomic E-state index is 0.275. The molecule has 4 nitrogen and oxygen atoms in total. The van der Waals surface area contributed by atoms with E-state index < -0.39 is 6.09 Å². The van der Waals surface area contributed by atoms with Gasteiger partial charge in [-0.1, -0.05) is 60.2 Å². The predicted octanol–water partition coefficient (Wildman–Crippen LogP) is 5.22. The zero-order chi connectivity index (χ0) is 18.2. The minimum Gasteiger partial charge on any atom is -0.445 e. The number of carbonyl (C=O) groups excluding carboxylic acids is 1. The lowest BCUT2D eigenvalue weighted by Crippen LogP contribution is -2.24. The summed E-state index contributed by atoms with van der Waals surface area (Å²) in [5, 5.41) is 4.27. The van der Waals surface area contributed by atoms with E-state index in [0.29, 0.717) is 11.7 Å². The molecule has 0 saturated heterocycles. The maximum absolute atomic E-state index is 11.6. The highest BCUT2D eigenvalue weighted by molar-refractivity contribution is 6.29. The summed E-state index contributed by atoms with van der Waals surface area (Å²) in [4.78, 5) is 15.9. The Kier molecular flexibility index (Phi) is 6.23. The number of nitrogens with one attached hydrogen (secondary N) is 1. The number of hydrogen-bond donors (Lipinski definition) is 1. The SMILES string of the molecule is O=C(NCCC=Cc1ccc2nc(Cl)ccc2c1)OCc1ccccc1. The number of halogens is 1. The first kappa shape index (κ1) is 18.0. The van der Waals surface area contributed by atoms with Gasteiger partial charge in [-0.3, -0.25) is 0 Å². The second kappa shape index (κ2) is 9.02. The molecule has 1 amide bonds. The summed E-state index contributed by atoms with van der Waals surface area (Å²) in [5.74, 6) is 0. The average Bonchev–Trinajstić information content (AvgIpc) is 2.67. The quantitative estimate of drug-likeness (QED) is 0.480. The third-order valence-corrected chi connectivity index (χ3v) is 3.99. The van der Waals surface area contributed by atoms with Gasteiger partial charge in [0.15, 0.2) is 0 Å². The summed E-state index contributed by atoms with van der Waals surface area (Å²) < 4.78 is 5.16. The van der Waals surface area contributed by atoms with Crippen molar-refractivity contribution in [2.24, 2.45) is 0 Å². The van der Waals surface area contributed by atoms with E-state index >= 15 is 0 Å². The minimum atomic E-state index is -0.407. The van der Waals surface area contributed by atoms with Crippen LogP contribution in [0.3, 0.4) is 0 Å². The molecule has 26 heavy (non-hydrogen) atoms. The number of aromatic nitrogens is 1. The van der Waals surface area contributed by atoms with Crippen molar-refractivity contribution in [2.75, 3.05) is 6.54 Å². The molecule has 0 saturated carbocycles. The maximum Gasteiger partial charge on any atom is 0.407 e. The van der Waals surface area contributed by atoms with Crippen molar-refractivity contribution in [3.05, 3.63) is 83.0 Å². The number of ether oxygens (including phenoxy) is 1.